The van der Waals surface area contributed by atoms with E-state index < -0.39 is 68.2 Å². The summed E-state index contributed by atoms with van der Waals surface area (Å²) >= 11 is 0. The summed E-state index contributed by atoms with van der Waals surface area (Å²) in [6.45, 7) is -0.00114. The molecule has 2 aromatic rings. The number of methoxy groups -OCH3 is 1. The second kappa shape index (κ2) is 11.6. The maximum atomic E-state index is 10.6. The lowest BCUT2D eigenvalue weighted by molar-refractivity contribution is -0.381. The summed E-state index contributed by atoms with van der Waals surface area (Å²) in [7, 11) is 1.50. The molecule has 36 heavy (non-hydrogen) atoms. The quantitative estimate of drug-likeness (QED) is 0.477. The minimum atomic E-state index is -1.37. The predicted octanol–water partition coefficient (Wildman–Crippen LogP) is 0.882. The van der Waals surface area contributed by atoms with Crippen molar-refractivity contribution in [3.8, 4) is 0 Å². The first-order valence-electron chi connectivity index (χ1n) is 12.0. The SMILES string of the molecule is CO[C@H]1O[C@@H]2CO[C@@H](c3ccccc3)O[C@H]2[C@H](O[C@H]2O[C@H](CO)[C@@H](O)[C@@H]2O)[C@H]1OCc1ccccc1. The van der Waals surface area contributed by atoms with Crippen LogP contribution in [0.5, 0.6) is 0 Å². The molecule has 3 fully saturated rings. The first-order chi connectivity index (χ1) is 17.6. The third-order valence-corrected chi connectivity index (χ3v) is 6.66. The first kappa shape index (κ1) is 25.7. The van der Waals surface area contributed by atoms with E-state index >= 15 is 0 Å². The molecule has 3 aliphatic heterocycles. The molecule has 10 atom stereocenters. The summed E-state index contributed by atoms with van der Waals surface area (Å²) in [6.07, 6.45) is -9.17. The Kier molecular flexibility index (Phi) is 8.28. The smallest absolute Gasteiger partial charge is 0.187 e. The molecule has 0 spiro atoms. The molecule has 0 aliphatic carbocycles. The average molecular weight is 505 g/mol. The van der Waals surface area contributed by atoms with Gasteiger partial charge >= 0.3 is 0 Å². The van der Waals surface area contributed by atoms with Crippen LogP contribution in [0.3, 0.4) is 0 Å². The summed E-state index contributed by atoms with van der Waals surface area (Å²) in [6, 6.07) is 19.1. The third kappa shape index (κ3) is 5.34. The van der Waals surface area contributed by atoms with E-state index in [1.54, 1.807) is 0 Å². The highest BCUT2D eigenvalue weighted by Gasteiger charge is 2.54. The van der Waals surface area contributed by atoms with Gasteiger partial charge in [-0.25, -0.2) is 0 Å². The van der Waals surface area contributed by atoms with E-state index in [4.69, 9.17) is 33.2 Å². The van der Waals surface area contributed by atoms with Gasteiger partial charge in [-0.05, 0) is 5.56 Å². The van der Waals surface area contributed by atoms with Gasteiger partial charge in [-0.2, -0.15) is 0 Å². The van der Waals surface area contributed by atoms with Crippen molar-refractivity contribution in [1.29, 1.82) is 0 Å². The minimum absolute atomic E-state index is 0.214. The van der Waals surface area contributed by atoms with Gasteiger partial charge in [-0.15, -0.1) is 0 Å². The predicted molar refractivity (Wildman–Crippen MR) is 123 cm³/mol. The Morgan fingerprint density at radius 1 is 0.861 bits per heavy atom. The number of hydrogen-bond donors (Lipinski definition) is 3. The number of benzene rings is 2. The van der Waals surface area contributed by atoms with Gasteiger partial charge < -0.3 is 48.5 Å². The van der Waals surface area contributed by atoms with Gasteiger partial charge in [0.15, 0.2) is 18.9 Å². The van der Waals surface area contributed by atoms with Crippen molar-refractivity contribution in [3.05, 3.63) is 71.8 Å². The Bertz CT molecular complexity index is 940. The van der Waals surface area contributed by atoms with Crippen molar-refractivity contribution in [1.82, 2.24) is 0 Å². The second-order valence-electron chi connectivity index (χ2n) is 9.02. The topological polar surface area (TPSA) is 125 Å². The molecular weight excluding hydrogens is 472 g/mol. The van der Waals surface area contributed by atoms with Crippen LogP contribution in [0.1, 0.15) is 17.4 Å². The summed E-state index contributed by atoms with van der Waals surface area (Å²) in [4.78, 5) is 0. The highest BCUT2D eigenvalue weighted by atomic mass is 16.8. The lowest BCUT2D eigenvalue weighted by Crippen LogP contribution is -2.64. The fraction of sp³-hybridized carbons (Fsp3) is 0.538. The summed E-state index contributed by atoms with van der Waals surface area (Å²) in [5, 5.41) is 30.3. The zero-order valence-electron chi connectivity index (χ0n) is 19.9. The molecule has 0 radical (unpaired) electrons. The lowest BCUT2D eigenvalue weighted by atomic mass is 9.97. The van der Waals surface area contributed by atoms with Crippen LogP contribution in [0.4, 0.5) is 0 Å². The van der Waals surface area contributed by atoms with Gasteiger partial charge in [0.25, 0.3) is 0 Å². The number of fused-ring (bicyclic) bond motifs is 1. The molecule has 0 aromatic heterocycles. The molecule has 0 unspecified atom stereocenters. The van der Waals surface area contributed by atoms with Crippen LogP contribution < -0.4 is 0 Å². The summed E-state index contributed by atoms with van der Waals surface area (Å²) in [5.74, 6) is 0. The summed E-state index contributed by atoms with van der Waals surface area (Å²) < 4.78 is 42.1. The third-order valence-electron chi connectivity index (χ3n) is 6.66. The van der Waals surface area contributed by atoms with E-state index in [0.717, 1.165) is 11.1 Å². The van der Waals surface area contributed by atoms with E-state index in [9.17, 15) is 15.3 Å². The van der Waals surface area contributed by atoms with Crippen LogP contribution in [-0.4, -0.2) is 91.0 Å². The number of rotatable bonds is 8. The minimum Gasteiger partial charge on any atom is -0.394 e. The van der Waals surface area contributed by atoms with Crippen molar-refractivity contribution < 1.29 is 48.5 Å². The highest BCUT2D eigenvalue weighted by molar-refractivity contribution is 5.17. The molecule has 3 saturated heterocycles. The van der Waals surface area contributed by atoms with E-state index in [0.29, 0.717) is 0 Å². The molecular formula is C26H32O10. The van der Waals surface area contributed by atoms with Gasteiger partial charge in [0, 0.05) is 12.7 Å². The number of aliphatic hydroxyl groups is 3. The van der Waals surface area contributed by atoms with Gasteiger partial charge in [0.05, 0.1) is 19.8 Å². The standard InChI is InChI=1S/C26H32O10/c1-30-26-23(31-13-15-8-4-2-5-9-15)22(36-25-20(29)19(28)17(12-27)33-25)21-18(34-26)14-32-24(35-21)16-10-6-3-7-11-16/h2-11,17-29H,12-14H2,1H3/t17-,18-,19-,20+,21-,22+,23-,24-,25-,26+/m1/s1. The van der Waals surface area contributed by atoms with Crippen molar-refractivity contribution in [2.45, 2.75) is 68.2 Å². The van der Waals surface area contributed by atoms with Crippen LogP contribution in [0, 0.1) is 0 Å². The summed E-state index contributed by atoms with van der Waals surface area (Å²) in [5.41, 5.74) is 1.77. The largest absolute Gasteiger partial charge is 0.394 e. The van der Waals surface area contributed by atoms with Crippen molar-refractivity contribution >= 4 is 0 Å². The van der Waals surface area contributed by atoms with Crippen molar-refractivity contribution in [3.63, 3.8) is 0 Å². The lowest BCUT2D eigenvalue weighted by Gasteiger charge is -2.49. The molecule has 0 amide bonds. The molecule has 3 heterocycles. The molecule has 10 nitrogen and oxygen atoms in total. The van der Waals surface area contributed by atoms with Crippen LogP contribution in [0.15, 0.2) is 60.7 Å². The number of ether oxygens (including phenoxy) is 7. The van der Waals surface area contributed by atoms with Crippen molar-refractivity contribution in [2.75, 3.05) is 20.3 Å². The van der Waals surface area contributed by atoms with Gasteiger partial charge in [-0.1, -0.05) is 60.7 Å². The van der Waals surface area contributed by atoms with Gasteiger partial charge in [-0.3, -0.25) is 0 Å². The fourth-order valence-electron chi connectivity index (χ4n) is 4.75. The Morgan fingerprint density at radius 2 is 1.58 bits per heavy atom. The molecule has 0 saturated carbocycles. The normalized spacial score (nSPS) is 38.6. The van der Waals surface area contributed by atoms with Crippen LogP contribution in [-0.2, 0) is 39.8 Å². The second-order valence-corrected chi connectivity index (χ2v) is 9.02. The maximum absolute atomic E-state index is 10.6. The maximum Gasteiger partial charge on any atom is 0.187 e. The fourth-order valence-corrected chi connectivity index (χ4v) is 4.75. The van der Waals surface area contributed by atoms with Crippen molar-refractivity contribution in [2.24, 2.45) is 0 Å². The molecule has 5 rings (SSSR count). The zero-order chi connectivity index (χ0) is 25.1. The van der Waals surface area contributed by atoms with E-state index in [-0.39, 0.29) is 13.2 Å². The molecule has 3 aliphatic rings. The zero-order valence-corrected chi connectivity index (χ0v) is 19.9. The van der Waals surface area contributed by atoms with E-state index in [1.807, 2.05) is 60.7 Å². The Balaban J connectivity index is 1.41. The van der Waals surface area contributed by atoms with Gasteiger partial charge in [0.2, 0.25) is 0 Å². The van der Waals surface area contributed by atoms with E-state index in [2.05, 4.69) is 0 Å². The monoisotopic (exact) mass is 504 g/mol. The molecule has 3 N–H and O–H groups in total. The average Bonchev–Trinajstić information content (AvgIpc) is 3.20. The Morgan fingerprint density at radius 3 is 2.25 bits per heavy atom. The van der Waals surface area contributed by atoms with Gasteiger partial charge in [0.1, 0.15) is 42.7 Å². The Hall–Kier alpha value is -1.96. The van der Waals surface area contributed by atoms with Crippen LogP contribution >= 0.6 is 0 Å². The molecule has 196 valence electrons. The number of aliphatic hydroxyl groups excluding tert-OH is 3. The Labute approximate surface area is 209 Å². The molecule has 0 bridgehead atoms. The first-order valence-corrected chi connectivity index (χ1v) is 12.0. The highest BCUT2D eigenvalue weighted by Crippen LogP contribution is 2.38. The van der Waals surface area contributed by atoms with Crippen LogP contribution in [0.2, 0.25) is 0 Å². The molecule has 2 aromatic carbocycles. The number of hydrogen-bond acceptors (Lipinski definition) is 10. The van der Waals surface area contributed by atoms with E-state index in [1.165, 1.54) is 7.11 Å². The molecule has 10 heteroatoms. The van der Waals surface area contributed by atoms with Crippen LogP contribution in [0.25, 0.3) is 0 Å².